The summed E-state index contributed by atoms with van der Waals surface area (Å²) in [6.45, 7) is 12.5. The maximum absolute atomic E-state index is 12.7. The Labute approximate surface area is 174 Å². The Bertz CT molecular complexity index is 678. The second-order valence-electron chi connectivity index (χ2n) is 8.25. The molecule has 1 N–H and O–H groups in total. The minimum atomic E-state index is -0.197. The molecule has 0 saturated carbocycles. The largest absolute Gasteiger partial charge is 0.378 e. The van der Waals surface area contributed by atoms with Crippen LogP contribution in [0.3, 0.4) is 0 Å². The van der Waals surface area contributed by atoms with Crippen molar-refractivity contribution < 1.29 is 14.3 Å². The van der Waals surface area contributed by atoms with E-state index >= 15 is 0 Å². The lowest BCUT2D eigenvalue weighted by molar-refractivity contribution is -0.137. The number of hydrogen-bond acceptors (Lipinski definition) is 5. The number of hydrogen-bond donors (Lipinski definition) is 1. The number of amides is 2. The predicted molar refractivity (Wildman–Crippen MR) is 114 cm³/mol. The van der Waals surface area contributed by atoms with Crippen molar-refractivity contribution in [2.45, 2.75) is 32.7 Å². The van der Waals surface area contributed by atoms with Crippen LogP contribution < -0.4 is 5.32 Å². The highest BCUT2D eigenvalue weighted by atomic mass is 16.5. The zero-order valence-electron chi connectivity index (χ0n) is 17.9. The van der Waals surface area contributed by atoms with Gasteiger partial charge in [0.25, 0.3) is 0 Å². The molecule has 0 spiro atoms. The van der Waals surface area contributed by atoms with Crippen molar-refractivity contribution in [1.29, 1.82) is 0 Å². The summed E-state index contributed by atoms with van der Waals surface area (Å²) in [4.78, 5) is 31.3. The Kier molecular flexibility index (Phi) is 7.64. The van der Waals surface area contributed by atoms with Gasteiger partial charge in [0, 0.05) is 45.0 Å². The van der Waals surface area contributed by atoms with Gasteiger partial charge in [0.1, 0.15) is 0 Å². The molecule has 2 heterocycles. The topological polar surface area (TPSA) is 65.1 Å². The number of ether oxygens (including phenoxy) is 1. The third kappa shape index (κ3) is 6.01. The zero-order valence-corrected chi connectivity index (χ0v) is 17.9. The molecule has 1 atom stereocenters. The second kappa shape index (κ2) is 10.2. The number of nitrogens with one attached hydrogen (secondary N) is 1. The minimum absolute atomic E-state index is 0.0140. The molecule has 0 aromatic heterocycles. The van der Waals surface area contributed by atoms with Crippen LogP contribution in [0.25, 0.3) is 0 Å². The smallest absolute Gasteiger partial charge is 0.241 e. The van der Waals surface area contributed by atoms with E-state index in [1.165, 1.54) is 5.56 Å². The number of piperazine rings is 1. The molecule has 2 aliphatic rings. The van der Waals surface area contributed by atoms with Crippen molar-refractivity contribution in [3.8, 4) is 0 Å². The van der Waals surface area contributed by atoms with Gasteiger partial charge in [-0.15, -0.1) is 0 Å². The summed E-state index contributed by atoms with van der Waals surface area (Å²) in [5.74, 6) is 0.669. The molecule has 160 valence electrons. The van der Waals surface area contributed by atoms with Crippen LogP contribution in [0.15, 0.2) is 24.3 Å². The van der Waals surface area contributed by atoms with Gasteiger partial charge in [-0.25, -0.2) is 0 Å². The first-order valence-corrected chi connectivity index (χ1v) is 10.7. The molecule has 29 heavy (non-hydrogen) atoms. The number of benzene rings is 1. The van der Waals surface area contributed by atoms with E-state index < -0.39 is 0 Å². The van der Waals surface area contributed by atoms with E-state index in [1.807, 2.05) is 24.0 Å². The molecule has 2 amide bonds. The molecule has 2 saturated heterocycles. The minimum Gasteiger partial charge on any atom is -0.378 e. The predicted octanol–water partition coefficient (Wildman–Crippen LogP) is 1.61. The molecule has 7 nitrogen and oxygen atoms in total. The number of rotatable bonds is 6. The summed E-state index contributed by atoms with van der Waals surface area (Å²) in [6.07, 6.45) is 0. The van der Waals surface area contributed by atoms with E-state index in [-0.39, 0.29) is 17.9 Å². The third-order valence-electron chi connectivity index (χ3n) is 5.90. The summed E-state index contributed by atoms with van der Waals surface area (Å²) in [5.41, 5.74) is 2.10. The van der Waals surface area contributed by atoms with Gasteiger partial charge in [-0.3, -0.25) is 19.4 Å². The first-order chi connectivity index (χ1) is 13.9. The third-order valence-corrected chi connectivity index (χ3v) is 5.90. The van der Waals surface area contributed by atoms with E-state index in [2.05, 4.69) is 41.1 Å². The van der Waals surface area contributed by atoms with E-state index in [1.54, 1.807) is 0 Å². The van der Waals surface area contributed by atoms with Crippen LogP contribution in [-0.4, -0.2) is 91.6 Å². The monoisotopic (exact) mass is 402 g/mol. The molecule has 0 aliphatic carbocycles. The summed E-state index contributed by atoms with van der Waals surface area (Å²) in [7, 11) is 0. The van der Waals surface area contributed by atoms with Crippen molar-refractivity contribution in [2.75, 3.05) is 64.3 Å². The quantitative estimate of drug-likeness (QED) is 0.783. The van der Waals surface area contributed by atoms with Crippen molar-refractivity contribution in [3.63, 3.8) is 0 Å². The summed E-state index contributed by atoms with van der Waals surface area (Å²) in [5, 5.41) is 3.02. The molecular formula is C22H34N4O3. The van der Waals surface area contributed by atoms with Crippen molar-refractivity contribution in [1.82, 2.24) is 14.7 Å². The van der Waals surface area contributed by atoms with Crippen molar-refractivity contribution in [3.05, 3.63) is 29.8 Å². The number of carbonyl (C=O) groups is 2. The van der Waals surface area contributed by atoms with Crippen LogP contribution in [0.5, 0.6) is 0 Å². The molecule has 1 aromatic carbocycles. The fourth-order valence-electron chi connectivity index (χ4n) is 3.78. The molecule has 7 heteroatoms. The van der Waals surface area contributed by atoms with Crippen LogP contribution in [-0.2, 0) is 14.3 Å². The average molecular weight is 403 g/mol. The fourth-order valence-corrected chi connectivity index (χ4v) is 3.78. The van der Waals surface area contributed by atoms with Gasteiger partial charge in [0.2, 0.25) is 11.8 Å². The standard InChI is InChI=1S/C22H34N4O3/c1-17(2)19-4-6-20(7-5-19)23-22(28)18(3)25-10-8-24(9-11-25)16-21(27)26-12-14-29-15-13-26/h4-7,17-18H,8-16H2,1-3H3,(H,23,28)/t18-/m1/s1. The Balaban J connectivity index is 1.43. The first kappa shape index (κ1) is 21.7. The van der Waals surface area contributed by atoms with E-state index in [4.69, 9.17) is 4.74 Å². The van der Waals surface area contributed by atoms with Gasteiger partial charge in [0.05, 0.1) is 25.8 Å². The van der Waals surface area contributed by atoms with Crippen LogP contribution in [0.1, 0.15) is 32.3 Å². The lowest BCUT2D eigenvalue weighted by atomic mass is 10.0. The maximum atomic E-state index is 12.7. The van der Waals surface area contributed by atoms with E-state index in [0.717, 1.165) is 31.9 Å². The van der Waals surface area contributed by atoms with Gasteiger partial charge >= 0.3 is 0 Å². The summed E-state index contributed by atoms with van der Waals surface area (Å²) in [6, 6.07) is 7.87. The molecule has 2 fully saturated rings. The number of anilines is 1. The molecule has 0 radical (unpaired) electrons. The molecule has 0 bridgehead atoms. The Morgan fingerprint density at radius 3 is 2.17 bits per heavy atom. The molecular weight excluding hydrogens is 368 g/mol. The Hall–Kier alpha value is -1.96. The Morgan fingerprint density at radius 2 is 1.59 bits per heavy atom. The molecule has 2 aliphatic heterocycles. The highest BCUT2D eigenvalue weighted by Crippen LogP contribution is 2.18. The zero-order chi connectivity index (χ0) is 20.8. The van der Waals surface area contributed by atoms with Crippen LogP contribution >= 0.6 is 0 Å². The first-order valence-electron chi connectivity index (χ1n) is 10.7. The van der Waals surface area contributed by atoms with E-state index in [0.29, 0.717) is 38.8 Å². The summed E-state index contributed by atoms with van der Waals surface area (Å²) >= 11 is 0. The average Bonchev–Trinajstić information content (AvgIpc) is 2.74. The van der Waals surface area contributed by atoms with Crippen LogP contribution in [0.4, 0.5) is 5.69 Å². The number of morpholine rings is 1. The number of nitrogens with zero attached hydrogens (tertiary/aromatic N) is 3. The van der Waals surface area contributed by atoms with Gasteiger partial charge in [0.15, 0.2) is 0 Å². The number of carbonyl (C=O) groups excluding carboxylic acids is 2. The SMILES string of the molecule is CC(C)c1ccc(NC(=O)[C@@H](C)N2CCN(CC(=O)N3CCOCC3)CC2)cc1. The second-order valence-corrected chi connectivity index (χ2v) is 8.25. The highest BCUT2D eigenvalue weighted by Gasteiger charge is 2.27. The maximum Gasteiger partial charge on any atom is 0.241 e. The van der Waals surface area contributed by atoms with Crippen molar-refractivity contribution >= 4 is 17.5 Å². The lowest BCUT2D eigenvalue weighted by Crippen LogP contribution is -2.55. The highest BCUT2D eigenvalue weighted by molar-refractivity contribution is 5.94. The van der Waals surface area contributed by atoms with Gasteiger partial charge in [-0.1, -0.05) is 26.0 Å². The summed E-state index contributed by atoms with van der Waals surface area (Å²) < 4.78 is 5.31. The molecule has 3 rings (SSSR count). The lowest BCUT2D eigenvalue weighted by Gasteiger charge is -2.38. The fraction of sp³-hybridized carbons (Fsp3) is 0.636. The van der Waals surface area contributed by atoms with Crippen LogP contribution in [0.2, 0.25) is 0 Å². The Morgan fingerprint density at radius 1 is 0.966 bits per heavy atom. The van der Waals surface area contributed by atoms with Gasteiger partial charge < -0.3 is 15.0 Å². The van der Waals surface area contributed by atoms with Crippen LogP contribution in [0, 0.1) is 0 Å². The molecule has 0 unspecified atom stereocenters. The molecule has 1 aromatic rings. The normalized spacial score (nSPS) is 19.9. The van der Waals surface area contributed by atoms with Gasteiger partial charge in [-0.05, 0) is 30.5 Å². The van der Waals surface area contributed by atoms with Crippen molar-refractivity contribution in [2.24, 2.45) is 0 Å². The van der Waals surface area contributed by atoms with E-state index in [9.17, 15) is 9.59 Å². The van der Waals surface area contributed by atoms with Gasteiger partial charge in [-0.2, -0.15) is 0 Å².